The van der Waals surface area contributed by atoms with Gasteiger partial charge in [-0.3, -0.25) is 4.68 Å². The third-order valence-electron chi connectivity index (χ3n) is 2.92. The van der Waals surface area contributed by atoms with E-state index in [1.165, 1.54) is 0 Å². The smallest absolute Gasteiger partial charge is 0.159 e. The highest BCUT2D eigenvalue weighted by Crippen LogP contribution is 2.25. The zero-order valence-corrected chi connectivity index (χ0v) is 12.8. The maximum Gasteiger partial charge on any atom is 0.159 e. The third kappa shape index (κ3) is 3.55. The van der Waals surface area contributed by atoms with Crippen molar-refractivity contribution in [3.63, 3.8) is 0 Å². The average Bonchev–Trinajstić information content (AvgIpc) is 2.84. The van der Waals surface area contributed by atoms with Crippen LogP contribution in [0.4, 0.5) is 0 Å². The van der Waals surface area contributed by atoms with Gasteiger partial charge in [-0.05, 0) is 13.3 Å². The summed E-state index contributed by atoms with van der Waals surface area (Å²) in [6.45, 7) is 4.70. The molecule has 1 atom stereocenters. The van der Waals surface area contributed by atoms with Crippen LogP contribution >= 0.6 is 11.6 Å². The first-order valence-corrected chi connectivity index (χ1v) is 7.17. The van der Waals surface area contributed by atoms with Crippen LogP contribution in [0.15, 0.2) is 18.5 Å². The molecule has 1 unspecified atom stereocenters. The zero-order valence-electron chi connectivity index (χ0n) is 12.0. The Morgan fingerprint density at radius 3 is 2.75 bits per heavy atom. The van der Waals surface area contributed by atoms with Crippen molar-refractivity contribution in [2.24, 2.45) is 7.05 Å². The summed E-state index contributed by atoms with van der Waals surface area (Å²) in [7, 11) is 1.87. The van der Waals surface area contributed by atoms with E-state index in [9.17, 15) is 0 Å². The van der Waals surface area contributed by atoms with Crippen molar-refractivity contribution in [1.29, 1.82) is 0 Å². The van der Waals surface area contributed by atoms with Gasteiger partial charge in [0.2, 0.25) is 0 Å². The molecule has 0 bridgehead atoms. The lowest BCUT2D eigenvalue weighted by Gasteiger charge is -2.15. The summed E-state index contributed by atoms with van der Waals surface area (Å²) in [6, 6.07) is 1.75. The fourth-order valence-corrected chi connectivity index (χ4v) is 2.22. The first-order valence-electron chi connectivity index (χ1n) is 6.79. The average molecular weight is 295 g/mol. The van der Waals surface area contributed by atoms with E-state index in [1.54, 1.807) is 16.9 Å². The maximum atomic E-state index is 6.12. The lowest BCUT2D eigenvalue weighted by atomic mass is 10.2. The van der Waals surface area contributed by atoms with Gasteiger partial charge in [0.05, 0.1) is 11.9 Å². The fraction of sp³-hybridized carbons (Fsp3) is 0.500. The molecule has 2 heterocycles. The van der Waals surface area contributed by atoms with Gasteiger partial charge in [0.1, 0.15) is 11.3 Å². The lowest BCUT2D eigenvalue weighted by molar-refractivity contribution is 0.0494. The first kappa shape index (κ1) is 14.9. The van der Waals surface area contributed by atoms with Gasteiger partial charge < -0.3 is 4.74 Å². The number of hydrogen-bond acceptors (Lipinski definition) is 4. The van der Waals surface area contributed by atoms with Gasteiger partial charge in [0.15, 0.2) is 5.82 Å². The van der Waals surface area contributed by atoms with Crippen molar-refractivity contribution in [1.82, 2.24) is 19.7 Å². The Hall–Kier alpha value is -1.46. The van der Waals surface area contributed by atoms with Crippen LogP contribution in [-0.4, -0.2) is 26.4 Å². The number of nitrogens with zero attached hydrogens (tertiary/aromatic N) is 4. The molecule has 5 nitrogen and oxygen atoms in total. The second-order valence-electron chi connectivity index (χ2n) is 4.57. The predicted molar refractivity (Wildman–Crippen MR) is 78.5 cm³/mol. The summed E-state index contributed by atoms with van der Waals surface area (Å²) in [5.41, 5.74) is 1.69. The van der Waals surface area contributed by atoms with Crippen LogP contribution < -0.4 is 0 Å². The van der Waals surface area contributed by atoms with Crippen LogP contribution in [-0.2, 0) is 11.8 Å². The molecule has 0 saturated heterocycles. The number of aryl methyl sites for hydroxylation is 1. The summed E-state index contributed by atoms with van der Waals surface area (Å²) >= 11 is 6.12. The minimum atomic E-state index is -0.112. The summed E-state index contributed by atoms with van der Waals surface area (Å²) in [5, 5.41) is 4.58. The molecule has 2 aromatic heterocycles. The lowest BCUT2D eigenvalue weighted by Crippen LogP contribution is -2.09. The SMILES string of the molecule is CCCC(OCC)c1nc(Cl)cc(-c2cnn(C)c2)n1. The van der Waals surface area contributed by atoms with E-state index in [4.69, 9.17) is 16.3 Å². The fourth-order valence-electron chi connectivity index (χ4n) is 2.03. The Labute approximate surface area is 124 Å². The van der Waals surface area contributed by atoms with Crippen molar-refractivity contribution in [3.05, 3.63) is 29.4 Å². The van der Waals surface area contributed by atoms with E-state index in [0.717, 1.165) is 24.1 Å². The number of halogens is 1. The van der Waals surface area contributed by atoms with Crippen molar-refractivity contribution < 1.29 is 4.74 Å². The molecule has 0 N–H and O–H groups in total. The van der Waals surface area contributed by atoms with Crippen molar-refractivity contribution >= 4 is 11.6 Å². The number of hydrogen-bond donors (Lipinski definition) is 0. The quantitative estimate of drug-likeness (QED) is 0.766. The molecule has 2 rings (SSSR count). The van der Waals surface area contributed by atoms with Crippen LogP contribution in [0.5, 0.6) is 0 Å². The van der Waals surface area contributed by atoms with Crippen molar-refractivity contribution in [3.8, 4) is 11.3 Å². The molecule has 0 aromatic carbocycles. The number of aromatic nitrogens is 4. The Morgan fingerprint density at radius 1 is 1.35 bits per heavy atom. The van der Waals surface area contributed by atoms with Gasteiger partial charge in [-0.25, -0.2) is 9.97 Å². The number of rotatable bonds is 6. The molecule has 0 aliphatic carbocycles. The van der Waals surface area contributed by atoms with Gasteiger partial charge in [0, 0.05) is 31.5 Å². The molecule has 0 saturated carbocycles. The van der Waals surface area contributed by atoms with Crippen LogP contribution in [0.2, 0.25) is 5.15 Å². The minimum Gasteiger partial charge on any atom is -0.371 e. The largest absolute Gasteiger partial charge is 0.371 e. The topological polar surface area (TPSA) is 52.8 Å². The molecule has 20 heavy (non-hydrogen) atoms. The van der Waals surface area contributed by atoms with E-state index in [1.807, 2.05) is 20.2 Å². The highest BCUT2D eigenvalue weighted by molar-refractivity contribution is 6.29. The molecule has 0 spiro atoms. The standard InChI is InChI=1S/C14H19ClN4O/c1-4-6-12(20-5-2)14-17-11(7-13(15)18-14)10-8-16-19(3)9-10/h7-9,12H,4-6H2,1-3H3. The second-order valence-corrected chi connectivity index (χ2v) is 4.96. The molecule has 0 fully saturated rings. The second kappa shape index (κ2) is 6.81. The highest BCUT2D eigenvalue weighted by atomic mass is 35.5. The monoisotopic (exact) mass is 294 g/mol. The van der Waals surface area contributed by atoms with Gasteiger partial charge in [-0.15, -0.1) is 0 Å². The highest BCUT2D eigenvalue weighted by Gasteiger charge is 2.16. The molecular weight excluding hydrogens is 276 g/mol. The van der Waals surface area contributed by atoms with Gasteiger partial charge in [0.25, 0.3) is 0 Å². The zero-order chi connectivity index (χ0) is 14.5. The molecule has 0 aliphatic heterocycles. The first-order chi connectivity index (χ1) is 9.63. The maximum absolute atomic E-state index is 6.12. The summed E-state index contributed by atoms with van der Waals surface area (Å²) in [6.07, 6.45) is 5.43. The van der Waals surface area contributed by atoms with Crippen LogP contribution in [0.25, 0.3) is 11.3 Å². The Kier molecular flexibility index (Phi) is 5.09. The minimum absolute atomic E-state index is 0.112. The molecule has 108 valence electrons. The van der Waals surface area contributed by atoms with Crippen molar-refractivity contribution in [2.75, 3.05) is 6.61 Å². The third-order valence-corrected chi connectivity index (χ3v) is 3.11. The van der Waals surface area contributed by atoms with E-state index in [2.05, 4.69) is 22.0 Å². The summed E-state index contributed by atoms with van der Waals surface area (Å²) in [5.74, 6) is 0.639. The van der Waals surface area contributed by atoms with Crippen LogP contribution in [0.3, 0.4) is 0 Å². The van der Waals surface area contributed by atoms with E-state index < -0.39 is 0 Å². The Morgan fingerprint density at radius 2 is 2.15 bits per heavy atom. The van der Waals surface area contributed by atoms with Gasteiger partial charge in [-0.1, -0.05) is 24.9 Å². The molecule has 0 radical (unpaired) electrons. The van der Waals surface area contributed by atoms with Gasteiger partial charge in [-0.2, -0.15) is 5.10 Å². The van der Waals surface area contributed by atoms with Gasteiger partial charge >= 0.3 is 0 Å². The Bertz CT molecular complexity index is 564. The number of ether oxygens (including phenoxy) is 1. The van der Waals surface area contributed by atoms with Crippen LogP contribution in [0, 0.1) is 0 Å². The molecule has 2 aromatic rings. The molecule has 0 amide bonds. The summed E-state index contributed by atoms with van der Waals surface area (Å²) < 4.78 is 7.45. The predicted octanol–water partition coefficient (Wildman–Crippen LogP) is 3.41. The Balaban J connectivity index is 2.36. The summed E-state index contributed by atoms with van der Waals surface area (Å²) in [4.78, 5) is 8.89. The normalized spacial score (nSPS) is 12.6. The van der Waals surface area contributed by atoms with Crippen LogP contribution in [0.1, 0.15) is 38.6 Å². The van der Waals surface area contributed by atoms with Crippen molar-refractivity contribution in [2.45, 2.75) is 32.8 Å². The van der Waals surface area contributed by atoms with E-state index in [0.29, 0.717) is 17.6 Å². The van der Waals surface area contributed by atoms with E-state index >= 15 is 0 Å². The molecule has 0 aliphatic rings. The molecule has 6 heteroatoms. The molecular formula is C14H19ClN4O. The van der Waals surface area contributed by atoms with E-state index in [-0.39, 0.29) is 6.10 Å².